The SMILES string of the molecule is C#CCC(CC)NCc1ccc(OC)nc1. The van der Waals surface area contributed by atoms with Gasteiger partial charge in [0.1, 0.15) is 0 Å². The van der Waals surface area contributed by atoms with E-state index in [-0.39, 0.29) is 0 Å². The van der Waals surface area contributed by atoms with E-state index in [1.54, 1.807) is 7.11 Å². The highest BCUT2D eigenvalue weighted by Gasteiger charge is 2.03. The molecule has 0 aliphatic rings. The number of hydrogen-bond acceptors (Lipinski definition) is 3. The minimum Gasteiger partial charge on any atom is -0.481 e. The second kappa shape index (κ2) is 6.86. The van der Waals surface area contributed by atoms with Gasteiger partial charge in [-0.3, -0.25) is 0 Å². The van der Waals surface area contributed by atoms with Crippen molar-refractivity contribution in [1.82, 2.24) is 10.3 Å². The Morgan fingerprint density at radius 1 is 1.56 bits per heavy atom. The van der Waals surface area contributed by atoms with Crippen LogP contribution in [0, 0.1) is 12.3 Å². The third kappa shape index (κ3) is 3.92. The molecule has 1 rings (SSSR count). The number of nitrogens with one attached hydrogen (secondary N) is 1. The summed E-state index contributed by atoms with van der Waals surface area (Å²) in [6.45, 7) is 2.92. The molecule has 3 heteroatoms. The van der Waals surface area contributed by atoms with Gasteiger partial charge >= 0.3 is 0 Å². The summed E-state index contributed by atoms with van der Waals surface area (Å²) in [5, 5.41) is 3.40. The second-order valence-corrected chi connectivity index (χ2v) is 3.60. The average molecular weight is 218 g/mol. The van der Waals surface area contributed by atoms with Gasteiger partial charge in [-0.1, -0.05) is 13.0 Å². The molecule has 0 radical (unpaired) electrons. The second-order valence-electron chi connectivity index (χ2n) is 3.60. The lowest BCUT2D eigenvalue weighted by Crippen LogP contribution is -2.27. The Kier molecular flexibility index (Phi) is 5.38. The van der Waals surface area contributed by atoms with E-state index in [4.69, 9.17) is 11.2 Å². The largest absolute Gasteiger partial charge is 0.481 e. The topological polar surface area (TPSA) is 34.1 Å². The molecule has 1 aromatic rings. The van der Waals surface area contributed by atoms with E-state index in [1.165, 1.54) is 0 Å². The predicted molar refractivity (Wildman–Crippen MR) is 65.2 cm³/mol. The number of rotatable bonds is 6. The molecule has 1 heterocycles. The van der Waals surface area contributed by atoms with Gasteiger partial charge in [0.05, 0.1) is 7.11 Å². The number of nitrogens with zero attached hydrogens (tertiary/aromatic N) is 1. The van der Waals surface area contributed by atoms with Crippen molar-refractivity contribution in [2.24, 2.45) is 0 Å². The molecule has 1 aromatic heterocycles. The summed E-state index contributed by atoms with van der Waals surface area (Å²) in [6.07, 6.45) is 8.91. The maximum atomic E-state index is 5.29. The van der Waals surface area contributed by atoms with Crippen molar-refractivity contribution in [3.05, 3.63) is 23.9 Å². The zero-order valence-corrected chi connectivity index (χ0v) is 9.86. The number of terminal acetylenes is 1. The van der Waals surface area contributed by atoms with Crippen LogP contribution in [0.1, 0.15) is 25.3 Å². The van der Waals surface area contributed by atoms with Gasteiger partial charge in [-0.05, 0) is 12.0 Å². The van der Waals surface area contributed by atoms with E-state index in [1.807, 2.05) is 18.3 Å². The molecule has 0 bridgehead atoms. The molecule has 0 aromatic carbocycles. The van der Waals surface area contributed by atoms with Crippen LogP contribution in [0.2, 0.25) is 0 Å². The van der Waals surface area contributed by atoms with E-state index in [0.29, 0.717) is 11.9 Å². The quantitative estimate of drug-likeness (QED) is 0.741. The zero-order valence-electron chi connectivity index (χ0n) is 9.86. The monoisotopic (exact) mass is 218 g/mol. The Morgan fingerprint density at radius 3 is 2.88 bits per heavy atom. The molecule has 0 spiro atoms. The van der Waals surface area contributed by atoms with E-state index < -0.39 is 0 Å². The molecule has 86 valence electrons. The van der Waals surface area contributed by atoms with Crippen LogP contribution in [-0.4, -0.2) is 18.1 Å². The van der Waals surface area contributed by atoms with E-state index in [9.17, 15) is 0 Å². The highest BCUT2D eigenvalue weighted by molar-refractivity contribution is 5.17. The van der Waals surface area contributed by atoms with Gasteiger partial charge < -0.3 is 10.1 Å². The first-order valence-electron chi connectivity index (χ1n) is 5.46. The first-order chi connectivity index (χ1) is 7.80. The molecular weight excluding hydrogens is 200 g/mol. The minimum atomic E-state index is 0.382. The maximum Gasteiger partial charge on any atom is 0.212 e. The van der Waals surface area contributed by atoms with Crippen molar-refractivity contribution in [2.45, 2.75) is 32.4 Å². The number of aromatic nitrogens is 1. The van der Waals surface area contributed by atoms with Gasteiger partial charge in [0.15, 0.2) is 0 Å². The van der Waals surface area contributed by atoms with E-state index >= 15 is 0 Å². The van der Waals surface area contributed by atoms with E-state index in [2.05, 4.69) is 23.1 Å². The van der Waals surface area contributed by atoms with Crippen molar-refractivity contribution in [1.29, 1.82) is 0 Å². The standard InChI is InChI=1S/C13H18N2O/c1-4-6-12(5-2)14-9-11-7-8-13(16-3)15-10-11/h1,7-8,10,12,14H,5-6,9H2,2-3H3. The average Bonchev–Trinajstić information content (AvgIpc) is 2.35. The first kappa shape index (κ1) is 12.5. The van der Waals surface area contributed by atoms with Crippen LogP contribution in [0.4, 0.5) is 0 Å². The predicted octanol–water partition coefficient (Wildman–Crippen LogP) is 1.98. The molecule has 0 saturated carbocycles. The summed E-state index contributed by atoms with van der Waals surface area (Å²) in [6, 6.07) is 4.24. The molecule has 1 atom stereocenters. The Morgan fingerprint density at radius 2 is 2.38 bits per heavy atom. The molecule has 0 aliphatic carbocycles. The Bertz CT molecular complexity index is 340. The van der Waals surface area contributed by atoms with Crippen LogP contribution >= 0.6 is 0 Å². The van der Waals surface area contributed by atoms with Crippen LogP contribution < -0.4 is 10.1 Å². The van der Waals surface area contributed by atoms with Crippen LogP contribution in [0.15, 0.2) is 18.3 Å². The highest BCUT2D eigenvalue weighted by Crippen LogP contribution is 2.07. The molecule has 0 fully saturated rings. The fourth-order valence-electron chi connectivity index (χ4n) is 1.40. The molecule has 1 N–H and O–H groups in total. The molecule has 0 amide bonds. The molecule has 16 heavy (non-hydrogen) atoms. The first-order valence-corrected chi connectivity index (χ1v) is 5.46. The normalized spacial score (nSPS) is 11.8. The maximum absolute atomic E-state index is 5.29. The molecule has 0 aliphatic heterocycles. The number of pyridine rings is 1. The minimum absolute atomic E-state index is 0.382. The number of ether oxygens (including phenoxy) is 1. The zero-order chi connectivity index (χ0) is 11.8. The molecule has 3 nitrogen and oxygen atoms in total. The summed E-state index contributed by atoms with van der Waals surface area (Å²) < 4.78 is 5.00. The summed E-state index contributed by atoms with van der Waals surface area (Å²) in [4.78, 5) is 4.14. The van der Waals surface area contributed by atoms with Gasteiger partial charge in [-0.15, -0.1) is 12.3 Å². The number of methoxy groups -OCH3 is 1. The van der Waals surface area contributed by atoms with Gasteiger partial charge in [-0.2, -0.15) is 0 Å². The molecular formula is C13H18N2O. The van der Waals surface area contributed by atoms with Gasteiger partial charge in [0.2, 0.25) is 5.88 Å². The van der Waals surface area contributed by atoms with Crippen molar-refractivity contribution < 1.29 is 4.74 Å². The smallest absolute Gasteiger partial charge is 0.212 e. The fourth-order valence-corrected chi connectivity index (χ4v) is 1.40. The van der Waals surface area contributed by atoms with Gasteiger partial charge in [-0.25, -0.2) is 4.98 Å². The van der Waals surface area contributed by atoms with Crippen LogP contribution in [-0.2, 0) is 6.54 Å². The van der Waals surface area contributed by atoms with E-state index in [0.717, 1.165) is 24.9 Å². The molecule has 0 saturated heterocycles. The summed E-state index contributed by atoms with van der Waals surface area (Å²) >= 11 is 0. The summed E-state index contributed by atoms with van der Waals surface area (Å²) in [5.74, 6) is 3.31. The number of hydrogen-bond donors (Lipinski definition) is 1. The lowest BCUT2D eigenvalue weighted by molar-refractivity contribution is 0.397. The third-order valence-corrected chi connectivity index (χ3v) is 2.46. The molecule has 1 unspecified atom stereocenters. The van der Waals surface area contributed by atoms with Crippen LogP contribution in [0.5, 0.6) is 5.88 Å². The van der Waals surface area contributed by atoms with Gasteiger partial charge in [0.25, 0.3) is 0 Å². The van der Waals surface area contributed by atoms with Gasteiger partial charge in [0, 0.05) is 31.3 Å². The highest BCUT2D eigenvalue weighted by atomic mass is 16.5. The van der Waals surface area contributed by atoms with Crippen molar-refractivity contribution in [2.75, 3.05) is 7.11 Å². The Balaban J connectivity index is 2.44. The Labute approximate surface area is 97.2 Å². The summed E-state index contributed by atoms with van der Waals surface area (Å²) in [5.41, 5.74) is 1.14. The van der Waals surface area contributed by atoms with Crippen LogP contribution in [0.25, 0.3) is 0 Å². The van der Waals surface area contributed by atoms with Crippen molar-refractivity contribution in [3.8, 4) is 18.2 Å². The lowest BCUT2D eigenvalue weighted by atomic mass is 10.1. The Hall–Kier alpha value is -1.53. The fraction of sp³-hybridized carbons (Fsp3) is 0.462. The lowest BCUT2D eigenvalue weighted by Gasteiger charge is -2.13. The van der Waals surface area contributed by atoms with Crippen molar-refractivity contribution in [3.63, 3.8) is 0 Å². The third-order valence-electron chi connectivity index (χ3n) is 2.46. The van der Waals surface area contributed by atoms with Crippen LogP contribution in [0.3, 0.4) is 0 Å². The van der Waals surface area contributed by atoms with Crippen molar-refractivity contribution >= 4 is 0 Å². The summed E-state index contributed by atoms with van der Waals surface area (Å²) in [7, 11) is 1.61.